The number of nitrogens with one attached hydrogen (secondary N) is 1. The second kappa shape index (κ2) is 4.51. The van der Waals surface area contributed by atoms with Gasteiger partial charge < -0.3 is 21.3 Å². The molecule has 5 N–H and O–H groups in total. The van der Waals surface area contributed by atoms with E-state index in [2.05, 4.69) is 0 Å². The number of hydrogen-bond acceptors (Lipinski definition) is 3. The molecule has 64 valence electrons. The Morgan fingerprint density at radius 1 is 1.45 bits per heavy atom. The zero-order valence-electron chi connectivity index (χ0n) is 5.78. The topological polar surface area (TPSA) is 113 Å². The smallest absolute Gasteiger partial charge is 0.405 e. The minimum absolute atomic E-state index is 0.0988. The summed E-state index contributed by atoms with van der Waals surface area (Å²) in [5.74, 6) is -1.21. The lowest BCUT2D eigenvalue weighted by molar-refractivity contribution is -0.139. The fourth-order valence-corrected chi connectivity index (χ4v) is 0.573. The molecule has 1 amide bonds. The monoisotopic (exact) mass is 162 g/mol. The van der Waals surface area contributed by atoms with Gasteiger partial charge in [0.2, 0.25) is 0 Å². The van der Waals surface area contributed by atoms with E-state index in [0.717, 1.165) is 0 Å². The Kier molecular flexibility index (Phi) is 3.97. The molecule has 6 heteroatoms. The van der Waals surface area contributed by atoms with Crippen molar-refractivity contribution in [3.63, 3.8) is 0 Å². The highest BCUT2D eigenvalue weighted by Crippen LogP contribution is 1.89. The van der Waals surface area contributed by atoms with Gasteiger partial charge in [0.1, 0.15) is 6.04 Å². The minimum Gasteiger partial charge on any atom is -0.480 e. The highest BCUT2D eigenvalue weighted by atomic mass is 16.4. The van der Waals surface area contributed by atoms with Crippen molar-refractivity contribution in [1.82, 2.24) is 5.32 Å². The van der Waals surface area contributed by atoms with Crippen LogP contribution in [0.25, 0.3) is 0 Å². The standard InChI is InChI=1S/C5H10N2O4/c6-2-1-3(4(8)9)7-5(10)11/h3,7H,1-2,6H2,(H,8,9)(H,10,11)/t3-/m0/s1. The average Bonchev–Trinajstić information content (AvgIpc) is 1.86. The molecule has 11 heavy (non-hydrogen) atoms. The molecule has 0 bridgehead atoms. The lowest BCUT2D eigenvalue weighted by Crippen LogP contribution is -2.41. The third-order valence-electron chi connectivity index (χ3n) is 1.05. The van der Waals surface area contributed by atoms with Gasteiger partial charge in [0.25, 0.3) is 0 Å². The first kappa shape index (κ1) is 9.70. The van der Waals surface area contributed by atoms with Gasteiger partial charge in [-0.25, -0.2) is 9.59 Å². The van der Waals surface area contributed by atoms with E-state index in [1.54, 1.807) is 0 Å². The SMILES string of the molecule is NCC[C@H](NC(=O)O)C(=O)O. The Morgan fingerprint density at radius 2 is 2.00 bits per heavy atom. The van der Waals surface area contributed by atoms with Crippen LogP contribution < -0.4 is 11.1 Å². The van der Waals surface area contributed by atoms with Crippen molar-refractivity contribution in [2.45, 2.75) is 12.5 Å². The van der Waals surface area contributed by atoms with Gasteiger partial charge in [0, 0.05) is 0 Å². The summed E-state index contributed by atoms with van der Waals surface area (Å²) in [5.41, 5.74) is 5.05. The zero-order valence-corrected chi connectivity index (χ0v) is 5.78. The lowest BCUT2D eigenvalue weighted by Gasteiger charge is -2.09. The number of carboxylic acids is 1. The Hall–Kier alpha value is -1.30. The maximum atomic E-state index is 10.2. The summed E-state index contributed by atoms with van der Waals surface area (Å²) in [4.78, 5) is 20.2. The maximum Gasteiger partial charge on any atom is 0.405 e. The molecule has 0 aromatic heterocycles. The van der Waals surface area contributed by atoms with Crippen molar-refractivity contribution in [2.75, 3.05) is 6.54 Å². The second-order valence-electron chi connectivity index (χ2n) is 1.92. The fraction of sp³-hybridized carbons (Fsp3) is 0.600. The summed E-state index contributed by atoms with van der Waals surface area (Å²) in [6.07, 6.45) is -1.26. The van der Waals surface area contributed by atoms with Crippen LogP contribution >= 0.6 is 0 Å². The Bertz CT molecular complexity index is 159. The van der Waals surface area contributed by atoms with E-state index >= 15 is 0 Å². The van der Waals surface area contributed by atoms with Gasteiger partial charge in [-0.1, -0.05) is 0 Å². The molecule has 0 aromatic carbocycles. The highest BCUT2D eigenvalue weighted by Gasteiger charge is 2.17. The quantitative estimate of drug-likeness (QED) is 0.426. The lowest BCUT2D eigenvalue weighted by atomic mass is 10.2. The molecule has 0 aliphatic carbocycles. The van der Waals surface area contributed by atoms with E-state index in [-0.39, 0.29) is 13.0 Å². The number of rotatable bonds is 4. The first-order valence-corrected chi connectivity index (χ1v) is 3.00. The molecule has 0 aromatic rings. The first-order valence-electron chi connectivity index (χ1n) is 3.00. The molecule has 0 spiro atoms. The number of carboxylic acid groups (broad SMARTS) is 2. The van der Waals surface area contributed by atoms with Crippen LogP contribution in [0.2, 0.25) is 0 Å². The molecule has 0 aliphatic rings. The molecule has 0 heterocycles. The number of aliphatic carboxylic acids is 1. The van der Waals surface area contributed by atoms with E-state index in [1.165, 1.54) is 0 Å². The molecular formula is C5H10N2O4. The van der Waals surface area contributed by atoms with Crippen LogP contribution in [0.5, 0.6) is 0 Å². The summed E-state index contributed by atoms with van der Waals surface area (Å²) in [5, 5.41) is 18.3. The van der Waals surface area contributed by atoms with Crippen LogP contribution in [0, 0.1) is 0 Å². The molecule has 0 aliphatic heterocycles. The predicted octanol–water partition coefficient (Wildman–Crippen LogP) is -0.944. The highest BCUT2D eigenvalue weighted by molar-refractivity contribution is 5.79. The van der Waals surface area contributed by atoms with Crippen molar-refractivity contribution in [3.05, 3.63) is 0 Å². The Morgan fingerprint density at radius 3 is 2.27 bits per heavy atom. The van der Waals surface area contributed by atoms with Gasteiger partial charge >= 0.3 is 12.1 Å². The fourth-order valence-electron chi connectivity index (χ4n) is 0.573. The van der Waals surface area contributed by atoms with Crippen molar-refractivity contribution < 1.29 is 19.8 Å². The summed E-state index contributed by atoms with van der Waals surface area (Å²) in [6, 6.07) is -1.10. The molecular weight excluding hydrogens is 152 g/mol. The van der Waals surface area contributed by atoms with Crippen molar-refractivity contribution in [1.29, 1.82) is 0 Å². The largest absolute Gasteiger partial charge is 0.480 e. The van der Waals surface area contributed by atoms with E-state index in [0.29, 0.717) is 0 Å². The van der Waals surface area contributed by atoms with Crippen molar-refractivity contribution >= 4 is 12.1 Å². The molecule has 0 rings (SSSR count). The van der Waals surface area contributed by atoms with E-state index < -0.39 is 18.1 Å². The van der Waals surface area contributed by atoms with Gasteiger partial charge in [0.15, 0.2) is 0 Å². The van der Waals surface area contributed by atoms with Gasteiger partial charge in [-0.15, -0.1) is 0 Å². The van der Waals surface area contributed by atoms with Gasteiger partial charge in [-0.05, 0) is 13.0 Å². The second-order valence-corrected chi connectivity index (χ2v) is 1.92. The third-order valence-corrected chi connectivity index (χ3v) is 1.05. The van der Waals surface area contributed by atoms with Crippen LogP contribution in [0.4, 0.5) is 4.79 Å². The van der Waals surface area contributed by atoms with Crippen molar-refractivity contribution in [3.8, 4) is 0 Å². The van der Waals surface area contributed by atoms with Gasteiger partial charge in [-0.3, -0.25) is 0 Å². The van der Waals surface area contributed by atoms with Gasteiger partial charge in [0.05, 0.1) is 0 Å². The average molecular weight is 162 g/mol. The Labute approximate surface area is 63.0 Å². The van der Waals surface area contributed by atoms with Crippen molar-refractivity contribution in [2.24, 2.45) is 5.73 Å². The van der Waals surface area contributed by atoms with Gasteiger partial charge in [-0.2, -0.15) is 0 Å². The maximum absolute atomic E-state index is 10.2. The molecule has 0 saturated heterocycles. The Balaban J connectivity index is 3.89. The normalized spacial score (nSPS) is 12.1. The van der Waals surface area contributed by atoms with Crippen LogP contribution in [0.1, 0.15) is 6.42 Å². The summed E-state index contributed by atoms with van der Waals surface area (Å²) < 4.78 is 0. The van der Waals surface area contributed by atoms with Crippen LogP contribution in [0.3, 0.4) is 0 Å². The van der Waals surface area contributed by atoms with E-state index in [1.807, 2.05) is 5.32 Å². The minimum atomic E-state index is -1.36. The molecule has 0 fully saturated rings. The number of hydrogen-bond donors (Lipinski definition) is 4. The number of nitrogens with two attached hydrogens (primary N) is 1. The van der Waals surface area contributed by atoms with E-state index in [9.17, 15) is 9.59 Å². The number of carbonyl (C=O) groups is 2. The first-order chi connectivity index (χ1) is 5.07. The van der Waals surface area contributed by atoms with Crippen LogP contribution in [-0.4, -0.2) is 34.9 Å². The van der Waals surface area contributed by atoms with Crippen LogP contribution in [0.15, 0.2) is 0 Å². The summed E-state index contributed by atoms with van der Waals surface area (Å²) in [6.45, 7) is 0.136. The molecule has 0 unspecified atom stereocenters. The third kappa shape index (κ3) is 4.15. The summed E-state index contributed by atoms with van der Waals surface area (Å²) >= 11 is 0. The zero-order chi connectivity index (χ0) is 8.85. The number of amides is 1. The van der Waals surface area contributed by atoms with Crippen LogP contribution in [-0.2, 0) is 4.79 Å². The molecule has 0 saturated carbocycles. The predicted molar refractivity (Wildman–Crippen MR) is 36.3 cm³/mol. The molecule has 1 atom stereocenters. The van der Waals surface area contributed by atoms with E-state index in [4.69, 9.17) is 15.9 Å². The summed E-state index contributed by atoms with van der Waals surface area (Å²) in [7, 11) is 0. The molecule has 0 radical (unpaired) electrons. The molecule has 6 nitrogen and oxygen atoms in total.